The van der Waals surface area contributed by atoms with Crippen molar-refractivity contribution in [2.45, 2.75) is 45.6 Å². The standard InChI is InChI=1S/C18H23NS/c1-3-10-19-18(15-8-4-6-13(2)11-15)17-12-14-7-5-9-16(14)20-17/h4,6,8,11-12,18-19H,3,5,7,9-10H2,1-2H3. The van der Waals surface area contributed by atoms with E-state index in [1.807, 2.05) is 11.3 Å². The first-order valence-corrected chi connectivity index (χ1v) is 8.51. The third-order valence-corrected chi connectivity index (χ3v) is 5.33. The lowest BCUT2D eigenvalue weighted by Crippen LogP contribution is -2.22. The first-order chi connectivity index (χ1) is 9.78. The average Bonchev–Trinajstić information content (AvgIpc) is 3.00. The summed E-state index contributed by atoms with van der Waals surface area (Å²) in [5, 5.41) is 3.73. The van der Waals surface area contributed by atoms with Crippen LogP contribution in [0.15, 0.2) is 30.3 Å². The molecule has 1 nitrogen and oxygen atoms in total. The third kappa shape index (κ3) is 2.82. The Morgan fingerprint density at radius 3 is 2.90 bits per heavy atom. The summed E-state index contributed by atoms with van der Waals surface area (Å²) in [5.74, 6) is 0. The van der Waals surface area contributed by atoms with Crippen molar-refractivity contribution >= 4 is 11.3 Å². The highest BCUT2D eigenvalue weighted by atomic mass is 32.1. The normalized spacial score (nSPS) is 15.3. The number of nitrogens with one attached hydrogen (secondary N) is 1. The Morgan fingerprint density at radius 2 is 2.15 bits per heavy atom. The lowest BCUT2D eigenvalue weighted by Gasteiger charge is -2.18. The molecule has 0 bridgehead atoms. The minimum absolute atomic E-state index is 0.366. The quantitative estimate of drug-likeness (QED) is 0.844. The molecule has 1 N–H and O–H groups in total. The van der Waals surface area contributed by atoms with Gasteiger partial charge in [0.15, 0.2) is 0 Å². The second-order valence-corrected chi connectivity index (χ2v) is 6.92. The monoisotopic (exact) mass is 285 g/mol. The van der Waals surface area contributed by atoms with E-state index in [4.69, 9.17) is 0 Å². The third-order valence-electron chi connectivity index (χ3n) is 4.02. The van der Waals surface area contributed by atoms with E-state index in [0.717, 1.165) is 6.54 Å². The molecule has 0 radical (unpaired) electrons. The Kier molecular flexibility index (Phi) is 4.23. The van der Waals surface area contributed by atoms with Gasteiger partial charge in [0, 0.05) is 9.75 Å². The number of hydrogen-bond donors (Lipinski definition) is 1. The maximum Gasteiger partial charge on any atom is 0.0671 e. The minimum atomic E-state index is 0.366. The van der Waals surface area contributed by atoms with E-state index in [9.17, 15) is 0 Å². The summed E-state index contributed by atoms with van der Waals surface area (Å²) in [6, 6.07) is 11.7. The molecule has 0 fully saturated rings. The van der Waals surface area contributed by atoms with Gasteiger partial charge in [0.1, 0.15) is 0 Å². The van der Waals surface area contributed by atoms with Gasteiger partial charge < -0.3 is 5.32 Å². The molecule has 1 aromatic heterocycles. The highest BCUT2D eigenvalue weighted by molar-refractivity contribution is 7.12. The second-order valence-electron chi connectivity index (χ2n) is 5.75. The van der Waals surface area contributed by atoms with Crippen LogP contribution in [0.3, 0.4) is 0 Å². The summed E-state index contributed by atoms with van der Waals surface area (Å²) >= 11 is 2.02. The molecule has 0 saturated heterocycles. The Morgan fingerprint density at radius 1 is 1.25 bits per heavy atom. The van der Waals surface area contributed by atoms with E-state index < -0.39 is 0 Å². The molecule has 1 aliphatic carbocycles. The zero-order chi connectivity index (χ0) is 13.9. The Labute approximate surface area is 126 Å². The molecule has 1 heterocycles. The van der Waals surface area contributed by atoms with Crippen LogP contribution in [-0.2, 0) is 12.8 Å². The van der Waals surface area contributed by atoms with Gasteiger partial charge in [0.05, 0.1) is 6.04 Å². The van der Waals surface area contributed by atoms with Crippen molar-refractivity contribution in [3.05, 3.63) is 56.8 Å². The van der Waals surface area contributed by atoms with E-state index in [1.54, 1.807) is 10.4 Å². The molecule has 2 aromatic rings. The van der Waals surface area contributed by atoms with E-state index in [-0.39, 0.29) is 0 Å². The summed E-state index contributed by atoms with van der Waals surface area (Å²) in [4.78, 5) is 3.12. The van der Waals surface area contributed by atoms with Gasteiger partial charge in [-0.25, -0.2) is 0 Å². The van der Waals surface area contributed by atoms with Crippen LogP contribution in [0.5, 0.6) is 0 Å². The molecule has 0 spiro atoms. The van der Waals surface area contributed by atoms with Crippen LogP contribution < -0.4 is 5.32 Å². The van der Waals surface area contributed by atoms with E-state index >= 15 is 0 Å². The summed E-state index contributed by atoms with van der Waals surface area (Å²) < 4.78 is 0. The summed E-state index contributed by atoms with van der Waals surface area (Å²) in [6.45, 7) is 5.48. The van der Waals surface area contributed by atoms with Gasteiger partial charge in [-0.2, -0.15) is 0 Å². The fourth-order valence-corrected chi connectivity index (χ4v) is 4.38. The van der Waals surface area contributed by atoms with Crippen molar-refractivity contribution in [2.75, 3.05) is 6.54 Å². The molecule has 106 valence electrons. The molecule has 0 aliphatic heterocycles. The van der Waals surface area contributed by atoms with Crippen molar-refractivity contribution < 1.29 is 0 Å². The van der Waals surface area contributed by atoms with Gasteiger partial charge in [-0.05, 0) is 56.3 Å². The molecule has 1 aliphatic rings. The van der Waals surface area contributed by atoms with Crippen LogP contribution in [0, 0.1) is 6.92 Å². The van der Waals surface area contributed by atoms with Crippen molar-refractivity contribution in [1.29, 1.82) is 0 Å². The molecule has 2 heteroatoms. The van der Waals surface area contributed by atoms with Crippen molar-refractivity contribution in [3.8, 4) is 0 Å². The van der Waals surface area contributed by atoms with Crippen molar-refractivity contribution in [3.63, 3.8) is 0 Å². The molecule has 20 heavy (non-hydrogen) atoms. The van der Waals surface area contributed by atoms with E-state index in [1.165, 1.54) is 41.7 Å². The van der Waals surface area contributed by atoms with Crippen LogP contribution >= 0.6 is 11.3 Å². The Hall–Kier alpha value is -1.12. The molecule has 0 saturated carbocycles. The van der Waals surface area contributed by atoms with Crippen LogP contribution in [0.2, 0.25) is 0 Å². The highest BCUT2D eigenvalue weighted by Crippen LogP contribution is 2.36. The van der Waals surface area contributed by atoms with E-state index in [0.29, 0.717) is 6.04 Å². The first-order valence-electron chi connectivity index (χ1n) is 7.69. The topological polar surface area (TPSA) is 12.0 Å². The molecule has 0 amide bonds. The van der Waals surface area contributed by atoms with Crippen LogP contribution in [0.25, 0.3) is 0 Å². The summed E-state index contributed by atoms with van der Waals surface area (Å²) in [7, 11) is 0. The van der Waals surface area contributed by atoms with Gasteiger partial charge in [0.25, 0.3) is 0 Å². The molecular formula is C18H23NS. The number of hydrogen-bond acceptors (Lipinski definition) is 2. The summed E-state index contributed by atoms with van der Waals surface area (Å²) in [6.07, 6.45) is 5.08. The second kappa shape index (κ2) is 6.11. The van der Waals surface area contributed by atoms with Crippen LogP contribution in [0.1, 0.15) is 52.3 Å². The van der Waals surface area contributed by atoms with Gasteiger partial charge >= 0.3 is 0 Å². The number of aryl methyl sites for hydroxylation is 3. The SMILES string of the molecule is CCCNC(c1cccc(C)c1)c1cc2c(s1)CCC2. The lowest BCUT2D eigenvalue weighted by atomic mass is 10.0. The Balaban J connectivity index is 1.92. The van der Waals surface area contributed by atoms with Crippen LogP contribution in [-0.4, -0.2) is 6.54 Å². The molecular weight excluding hydrogens is 262 g/mol. The summed E-state index contributed by atoms with van der Waals surface area (Å²) in [5.41, 5.74) is 4.34. The predicted molar refractivity (Wildman–Crippen MR) is 87.7 cm³/mol. The van der Waals surface area contributed by atoms with Gasteiger partial charge in [-0.15, -0.1) is 11.3 Å². The fraction of sp³-hybridized carbons (Fsp3) is 0.444. The number of rotatable bonds is 5. The molecule has 1 atom stereocenters. The predicted octanol–water partition coefficient (Wildman–Crippen LogP) is 4.63. The smallest absolute Gasteiger partial charge is 0.0671 e. The van der Waals surface area contributed by atoms with Crippen molar-refractivity contribution in [1.82, 2.24) is 5.32 Å². The highest BCUT2D eigenvalue weighted by Gasteiger charge is 2.21. The van der Waals surface area contributed by atoms with Crippen molar-refractivity contribution in [2.24, 2.45) is 0 Å². The number of benzene rings is 1. The molecule has 3 rings (SSSR count). The molecule has 1 aromatic carbocycles. The zero-order valence-corrected chi connectivity index (χ0v) is 13.2. The average molecular weight is 285 g/mol. The van der Waals surface area contributed by atoms with E-state index in [2.05, 4.69) is 49.5 Å². The van der Waals surface area contributed by atoms with Gasteiger partial charge in [0.2, 0.25) is 0 Å². The minimum Gasteiger partial charge on any atom is -0.306 e. The van der Waals surface area contributed by atoms with Crippen LogP contribution in [0.4, 0.5) is 0 Å². The Bertz CT molecular complexity index is 563. The van der Waals surface area contributed by atoms with Gasteiger partial charge in [-0.1, -0.05) is 36.8 Å². The maximum atomic E-state index is 3.73. The first kappa shape index (κ1) is 13.8. The fourth-order valence-electron chi connectivity index (χ4n) is 3.02. The number of fused-ring (bicyclic) bond motifs is 1. The largest absolute Gasteiger partial charge is 0.306 e. The number of thiophene rings is 1. The van der Waals surface area contributed by atoms with Gasteiger partial charge in [-0.3, -0.25) is 0 Å². The zero-order valence-electron chi connectivity index (χ0n) is 12.4. The maximum absolute atomic E-state index is 3.73. The molecule has 1 unspecified atom stereocenters. The lowest BCUT2D eigenvalue weighted by molar-refractivity contribution is 0.605.